The van der Waals surface area contributed by atoms with Gasteiger partial charge in [0.1, 0.15) is 18.1 Å². The molecular formula is C18H34N7O14P3. The smallest absolute Gasteiger partial charge is 0.390 e. The van der Waals surface area contributed by atoms with Gasteiger partial charge >= 0.3 is 29.2 Å². The first-order valence-corrected chi connectivity index (χ1v) is 16.7. The summed E-state index contributed by atoms with van der Waals surface area (Å²) in [5.74, 6) is -0.562. The van der Waals surface area contributed by atoms with Crippen molar-refractivity contribution in [1.82, 2.24) is 14.9 Å². The quantitative estimate of drug-likeness (QED) is 0.0388. The molecule has 1 aromatic heterocycles. The number of carbonyl (C=O) groups excluding carboxylic acids is 1. The molecule has 2 rings (SSSR count). The van der Waals surface area contributed by atoms with E-state index in [-0.39, 0.29) is 30.2 Å². The van der Waals surface area contributed by atoms with Crippen molar-refractivity contribution in [3.8, 4) is 0 Å². The van der Waals surface area contributed by atoms with Gasteiger partial charge in [0.05, 0.1) is 19.1 Å². The molecule has 1 fully saturated rings. The summed E-state index contributed by atoms with van der Waals surface area (Å²) in [4.78, 5) is 68.3. The van der Waals surface area contributed by atoms with Gasteiger partial charge in [0.15, 0.2) is 5.96 Å². The zero-order valence-corrected chi connectivity index (χ0v) is 24.7. The lowest BCUT2D eigenvalue weighted by molar-refractivity contribution is -0.120. The van der Waals surface area contributed by atoms with Gasteiger partial charge in [0, 0.05) is 31.3 Å². The number of aromatic nitrogens is 2. The second-order valence-corrected chi connectivity index (χ2v) is 13.3. The van der Waals surface area contributed by atoms with Crippen LogP contribution in [0.5, 0.6) is 0 Å². The fraction of sp³-hybridized carbons (Fsp3) is 0.667. The highest BCUT2D eigenvalue weighted by atomic mass is 31.3. The van der Waals surface area contributed by atoms with Crippen molar-refractivity contribution in [2.45, 2.75) is 57.0 Å². The van der Waals surface area contributed by atoms with Crippen LogP contribution in [0, 0.1) is 0 Å². The third kappa shape index (κ3) is 12.9. The Bertz CT molecular complexity index is 1320. The number of unbranched alkanes of at least 4 members (excludes halogenated alkanes) is 3. The Labute approximate surface area is 238 Å². The molecule has 42 heavy (non-hydrogen) atoms. The van der Waals surface area contributed by atoms with Gasteiger partial charge in [-0.15, -0.1) is 0 Å². The van der Waals surface area contributed by atoms with E-state index in [0.29, 0.717) is 19.5 Å². The Hall–Kier alpha value is -2.25. The number of nitrogens with zero attached hydrogens (tertiary/aromatic N) is 3. The maximum absolute atomic E-state index is 12.4. The van der Waals surface area contributed by atoms with Crippen molar-refractivity contribution in [1.29, 1.82) is 0 Å². The average molecular weight is 665 g/mol. The largest absolute Gasteiger partial charge is 0.490 e. The number of rotatable bonds is 17. The van der Waals surface area contributed by atoms with Crippen LogP contribution in [-0.4, -0.2) is 78.0 Å². The lowest BCUT2D eigenvalue weighted by atomic mass is 10.1. The van der Waals surface area contributed by atoms with E-state index >= 15 is 0 Å². The van der Waals surface area contributed by atoms with Gasteiger partial charge in [-0.2, -0.15) is 13.6 Å². The average Bonchev–Trinajstić information content (AvgIpc) is 3.18. The molecule has 1 aliphatic rings. The molecule has 21 nitrogen and oxygen atoms in total. The molecule has 240 valence electrons. The number of carbonyl (C=O) groups is 1. The van der Waals surface area contributed by atoms with Crippen molar-refractivity contribution in [2.75, 3.05) is 25.4 Å². The van der Waals surface area contributed by atoms with Crippen molar-refractivity contribution in [2.24, 2.45) is 16.5 Å². The van der Waals surface area contributed by atoms with E-state index in [1.807, 2.05) is 0 Å². The standard InChI is InChI=1S/C18H34N7O14P3/c19-16-11(7-14(27)22-5-3-1-2-4-6-23-17(20)21)9-25(18(28)24-16)15-8-12(26)13(37-15)10-36-41(32,33)39-42(34,35)38-40(29,30)31/h9,12-13,15,26H,1-8,10H2,(H,22,27)(H,32,33)(H,34,35)(H2,19,24,28)(H4,20,21,23)(H2,29,30,31)/t12-,13+,15+/m0/s1. The highest BCUT2D eigenvalue weighted by molar-refractivity contribution is 7.66. The summed E-state index contributed by atoms with van der Waals surface area (Å²) in [6, 6.07) is 0. The van der Waals surface area contributed by atoms with E-state index in [1.54, 1.807) is 0 Å². The Kier molecular flexibility index (Phi) is 13.2. The zero-order chi connectivity index (χ0) is 31.7. The first-order chi connectivity index (χ1) is 19.4. The number of phosphoric ester groups is 1. The number of hydrogen-bond acceptors (Lipinski definition) is 13. The summed E-state index contributed by atoms with van der Waals surface area (Å²) >= 11 is 0. The van der Waals surface area contributed by atoms with Crippen LogP contribution in [0.2, 0.25) is 0 Å². The molecular weight excluding hydrogens is 631 g/mol. The van der Waals surface area contributed by atoms with Crippen molar-refractivity contribution < 1.29 is 61.1 Å². The summed E-state index contributed by atoms with van der Waals surface area (Å²) < 4.78 is 52.2. The second-order valence-electron chi connectivity index (χ2n) is 8.91. The number of anilines is 1. The highest BCUT2D eigenvalue weighted by Crippen LogP contribution is 2.66. The van der Waals surface area contributed by atoms with Gasteiger partial charge < -0.3 is 51.9 Å². The van der Waals surface area contributed by atoms with Crippen LogP contribution in [0.25, 0.3) is 0 Å². The monoisotopic (exact) mass is 665 g/mol. The number of ether oxygens (including phenoxy) is 1. The number of amides is 1. The second kappa shape index (κ2) is 15.5. The molecule has 1 aliphatic heterocycles. The molecule has 1 saturated heterocycles. The number of guanidine groups is 1. The summed E-state index contributed by atoms with van der Waals surface area (Å²) in [7, 11) is -16.8. The Balaban J connectivity index is 1.92. The zero-order valence-electron chi connectivity index (χ0n) is 22.0. The predicted molar refractivity (Wildman–Crippen MR) is 143 cm³/mol. The van der Waals surface area contributed by atoms with E-state index in [1.165, 1.54) is 6.20 Å². The maximum atomic E-state index is 12.4. The van der Waals surface area contributed by atoms with Crippen molar-refractivity contribution in [3.05, 3.63) is 22.2 Å². The lowest BCUT2D eigenvalue weighted by Gasteiger charge is -2.19. The van der Waals surface area contributed by atoms with E-state index in [0.717, 1.165) is 23.8 Å². The molecule has 24 heteroatoms. The first kappa shape index (κ1) is 35.9. The number of aliphatic imine (C=N–C) groups is 1. The molecule has 12 N–H and O–H groups in total. The lowest BCUT2D eigenvalue weighted by Crippen LogP contribution is -2.31. The normalized spacial score (nSPS) is 21.8. The predicted octanol–water partition coefficient (Wildman–Crippen LogP) is -1.69. The van der Waals surface area contributed by atoms with Crippen LogP contribution < -0.4 is 28.2 Å². The number of nitrogens with two attached hydrogens (primary N) is 3. The summed E-state index contributed by atoms with van der Waals surface area (Å²) in [6.07, 6.45) is -0.00831. The van der Waals surface area contributed by atoms with Crippen LogP contribution >= 0.6 is 23.5 Å². The minimum atomic E-state index is -5.73. The molecule has 2 heterocycles. The Morgan fingerprint density at radius 1 is 1.12 bits per heavy atom. The van der Waals surface area contributed by atoms with Gasteiger partial charge in [0.25, 0.3) is 0 Å². The summed E-state index contributed by atoms with van der Waals surface area (Å²) in [6.45, 7) is -0.0155. The topological polar surface area (TPSA) is 344 Å². The minimum absolute atomic E-state index is 0.0313. The van der Waals surface area contributed by atoms with Gasteiger partial charge in [-0.1, -0.05) is 12.8 Å². The van der Waals surface area contributed by atoms with Crippen molar-refractivity contribution >= 4 is 41.2 Å². The van der Waals surface area contributed by atoms with E-state index in [2.05, 4.69) is 28.4 Å². The number of phosphoric acid groups is 3. The van der Waals surface area contributed by atoms with E-state index in [9.17, 15) is 38.2 Å². The number of aliphatic hydroxyl groups is 1. The Morgan fingerprint density at radius 3 is 2.43 bits per heavy atom. The van der Waals surface area contributed by atoms with Crippen LogP contribution in [0.1, 0.15) is 43.9 Å². The molecule has 0 aromatic carbocycles. The summed E-state index contributed by atoms with van der Waals surface area (Å²) in [5.41, 5.74) is 15.6. The molecule has 0 aliphatic carbocycles. The maximum Gasteiger partial charge on any atom is 0.490 e. The van der Waals surface area contributed by atoms with Crippen LogP contribution in [0.3, 0.4) is 0 Å². The van der Waals surface area contributed by atoms with Gasteiger partial charge in [-0.3, -0.25) is 18.9 Å². The number of aliphatic hydroxyl groups excluding tert-OH is 1. The minimum Gasteiger partial charge on any atom is -0.390 e. The molecule has 2 unspecified atom stereocenters. The van der Waals surface area contributed by atoms with Crippen LogP contribution in [0.15, 0.2) is 16.0 Å². The van der Waals surface area contributed by atoms with E-state index in [4.69, 9.17) is 31.7 Å². The Morgan fingerprint density at radius 2 is 1.79 bits per heavy atom. The fourth-order valence-electron chi connectivity index (χ4n) is 3.63. The van der Waals surface area contributed by atoms with Gasteiger partial charge in [-0.25, -0.2) is 18.5 Å². The number of hydrogen-bond donors (Lipinski definition) is 9. The van der Waals surface area contributed by atoms with Gasteiger partial charge in [-0.05, 0) is 12.8 Å². The number of nitrogen functional groups attached to an aromatic ring is 1. The molecule has 0 spiro atoms. The number of nitrogens with one attached hydrogen (secondary N) is 1. The van der Waals surface area contributed by atoms with Crippen molar-refractivity contribution in [3.63, 3.8) is 0 Å². The first-order valence-electron chi connectivity index (χ1n) is 12.2. The van der Waals surface area contributed by atoms with Gasteiger partial charge in [0.2, 0.25) is 5.91 Å². The molecule has 1 aromatic rings. The van der Waals surface area contributed by atoms with Crippen LogP contribution in [0.4, 0.5) is 5.82 Å². The SMILES string of the molecule is NC(N)=NCCCCCCNC(=O)Cc1cn([C@H]2C[C@H](O)[C@@H](COP(=O)(O)OP(=O)(O)OP(=O)(O)O)O2)c(=O)nc1N. The van der Waals surface area contributed by atoms with Crippen LogP contribution in [-0.2, 0) is 42.8 Å². The van der Waals surface area contributed by atoms with E-state index < -0.39 is 60.1 Å². The highest BCUT2D eigenvalue weighted by Gasteiger charge is 2.43. The molecule has 0 bridgehead atoms. The third-order valence-electron chi connectivity index (χ3n) is 5.45. The molecule has 0 saturated carbocycles. The molecule has 1 amide bonds. The fourth-order valence-corrected chi connectivity index (χ4v) is 6.66. The third-order valence-corrected chi connectivity index (χ3v) is 9.25. The molecule has 0 radical (unpaired) electrons. The summed E-state index contributed by atoms with van der Waals surface area (Å²) in [5, 5.41) is 13.0. The molecule has 5 atom stereocenters.